The quantitative estimate of drug-likeness (QED) is 0.398. The minimum Gasteiger partial charge on any atom is -0.199 e. The lowest BCUT2D eigenvalue weighted by atomic mass is 10.2. The van der Waals surface area contributed by atoms with Crippen molar-refractivity contribution >= 4 is 0 Å². The minimum absolute atomic E-state index is 0.153. The number of rotatable bonds is 3. The molecule has 1 aliphatic heterocycles. The van der Waals surface area contributed by atoms with E-state index in [0.29, 0.717) is 0 Å². The van der Waals surface area contributed by atoms with Crippen LogP contribution in [0.25, 0.3) is 0 Å². The van der Waals surface area contributed by atoms with Gasteiger partial charge >= 0.3 is 0 Å². The molecule has 7 heavy (non-hydrogen) atoms. The van der Waals surface area contributed by atoms with E-state index in [4.69, 9.17) is 0 Å². The highest BCUT2D eigenvalue weighted by molar-refractivity contribution is 4.45. The molecular weight excluding hydrogens is 92.1 g/mol. The first kappa shape index (κ1) is 5.06. The van der Waals surface area contributed by atoms with Crippen LogP contribution in [-0.2, 0) is 9.78 Å². The number of hydrogen-bond acceptors (Lipinski definition) is 2. The van der Waals surface area contributed by atoms with E-state index in [9.17, 15) is 0 Å². The van der Waals surface area contributed by atoms with Crippen LogP contribution in [0.1, 0.15) is 26.2 Å². The second-order valence-electron chi connectivity index (χ2n) is 1.76. The van der Waals surface area contributed by atoms with Crippen molar-refractivity contribution in [2.45, 2.75) is 32.5 Å². The van der Waals surface area contributed by atoms with E-state index >= 15 is 0 Å². The van der Waals surface area contributed by atoms with Crippen LogP contribution in [-0.4, -0.2) is 6.29 Å². The molecule has 0 saturated carbocycles. The molecule has 0 aromatic heterocycles. The van der Waals surface area contributed by atoms with Gasteiger partial charge in [-0.15, -0.1) is 0 Å². The Morgan fingerprint density at radius 2 is 2.14 bits per heavy atom. The van der Waals surface area contributed by atoms with Crippen molar-refractivity contribution in [1.29, 1.82) is 0 Å². The Kier molecular flexibility index (Phi) is 1.65. The molecule has 0 aromatic rings. The van der Waals surface area contributed by atoms with Gasteiger partial charge in [0.05, 0.1) is 0 Å². The Hall–Kier alpha value is -0.0800. The predicted octanol–water partition coefficient (Wildman–Crippen LogP) is 1.46. The van der Waals surface area contributed by atoms with Gasteiger partial charge in [-0.2, -0.15) is 9.78 Å². The molecule has 42 valence electrons. The number of hydrogen-bond donors (Lipinski definition) is 0. The predicted molar refractivity (Wildman–Crippen MR) is 25.5 cm³/mol. The summed E-state index contributed by atoms with van der Waals surface area (Å²) in [6, 6.07) is 0. The van der Waals surface area contributed by atoms with Crippen molar-refractivity contribution in [3.05, 3.63) is 0 Å². The Morgan fingerprint density at radius 1 is 1.43 bits per heavy atom. The summed E-state index contributed by atoms with van der Waals surface area (Å²) in [4.78, 5) is 9.02. The third-order valence-corrected chi connectivity index (χ3v) is 1.03. The van der Waals surface area contributed by atoms with E-state index in [0.717, 1.165) is 6.42 Å². The molecule has 0 amide bonds. The van der Waals surface area contributed by atoms with Gasteiger partial charge in [0.15, 0.2) is 0 Å². The molecule has 1 aliphatic rings. The third kappa shape index (κ3) is 1.90. The van der Waals surface area contributed by atoms with E-state index in [-0.39, 0.29) is 6.29 Å². The summed E-state index contributed by atoms with van der Waals surface area (Å²) in [6.07, 6.45) is 3.66. The van der Waals surface area contributed by atoms with Gasteiger partial charge in [-0.3, -0.25) is 0 Å². The topological polar surface area (TPSA) is 25.1 Å². The molecule has 0 bridgehead atoms. The summed E-state index contributed by atoms with van der Waals surface area (Å²) >= 11 is 0. The molecule has 2 heteroatoms. The molecule has 0 aromatic carbocycles. The van der Waals surface area contributed by atoms with Crippen LogP contribution >= 0.6 is 0 Å². The molecular formula is C5H10O2. The highest BCUT2D eigenvalue weighted by atomic mass is 17.4. The smallest absolute Gasteiger partial charge is 0.199 e. The lowest BCUT2D eigenvalue weighted by molar-refractivity contribution is 0.0850. The second kappa shape index (κ2) is 2.28. The summed E-state index contributed by atoms with van der Waals surface area (Å²) in [5, 5.41) is 0. The summed E-state index contributed by atoms with van der Waals surface area (Å²) in [6.45, 7) is 2.16. The highest BCUT2D eigenvalue weighted by Crippen LogP contribution is 2.18. The summed E-state index contributed by atoms with van der Waals surface area (Å²) < 4.78 is 0. The molecule has 0 N–H and O–H groups in total. The van der Waals surface area contributed by atoms with Crippen molar-refractivity contribution in [2.24, 2.45) is 0 Å². The molecule has 0 radical (unpaired) electrons. The molecule has 0 spiro atoms. The van der Waals surface area contributed by atoms with Gasteiger partial charge < -0.3 is 0 Å². The van der Waals surface area contributed by atoms with E-state index in [1.165, 1.54) is 12.8 Å². The van der Waals surface area contributed by atoms with E-state index in [2.05, 4.69) is 16.7 Å². The second-order valence-corrected chi connectivity index (χ2v) is 1.76. The largest absolute Gasteiger partial charge is 0.224 e. The molecule has 0 unspecified atom stereocenters. The molecule has 2 nitrogen and oxygen atoms in total. The van der Waals surface area contributed by atoms with Gasteiger partial charge in [-0.25, -0.2) is 0 Å². The van der Waals surface area contributed by atoms with Gasteiger partial charge in [0.2, 0.25) is 6.29 Å². The Labute approximate surface area is 43.3 Å². The molecule has 1 heterocycles. The highest BCUT2D eigenvalue weighted by Gasteiger charge is 2.23. The fourth-order valence-corrected chi connectivity index (χ4v) is 0.506. The Balaban J connectivity index is 1.80. The Bertz CT molecular complexity index is 50.0. The van der Waals surface area contributed by atoms with Gasteiger partial charge in [0, 0.05) is 6.42 Å². The van der Waals surface area contributed by atoms with Crippen LogP contribution in [0.5, 0.6) is 0 Å². The van der Waals surface area contributed by atoms with E-state index in [1.54, 1.807) is 0 Å². The van der Waals surface area contributed by atoms with Gasteiger partial charge in [0.25, 0.3) is 0 Å². The van der Waals surface area contributed by atoms with Crippen molar-refractivity contribution in [3.8, 4) is 0 Å². The SMILES string of the molecule is CCCCC1OO1. The van der Waals surface area contributed by atoms with Gasteiger partial charge in [-0.05, 0) is 6.42 Å². The van der Waals surface area contributed by atoms with Crippen molar-refractivity contribution in [1.82, 2.24) is 0 Å². The van der Waals surface area contributed by atoms with Gasteiger partial charge in [-0.1, -0.05) is 13.3 Å². The van der Waals surface area contributed by atoms with Crippen LogP contribution in [0.2, 0.25) is 0 Å². The van der Waals surface area contributed by atoms with Crippen LogP contribution in [0.3, 0.4) is 0 Å². The maximum Gasteiger partial charge on any atom is 0.224 e. The van der Waals surface area contributed by atoms with Crippen molar-refractivity contribution in [2.75, 3.05) is 0 Å². The zero-order valence-corrected chi connectivity index (χ0v) is 4.52. The average Bonchev–Trinajstić information content (AvgIpc) is 2.42. The maximum atomic E-state index is 4.51. The average molecular weight is 102 g/mol. The minimum atomic E-state index is 0.153. The summed E-state index contributed by atoms with van der Waals surface area (Å²) in [5.41, 5.74) is 0. The first-order valence-corrected chi connectivity index (χ1v) is 2.75. The van der Waals surface area contributed by atoms with E-state index in [1.807, 2.05) is 0 Å². The van der Waals surface area contributed by atoms with Crippen molar-refractivity contribution < 1.29 is 9.78 Å². The normalized spacial score (nSPS) is 20.1. The zero-order chi connectivity index (χ0) is 5.11. The lowest BCUT2D eigenvalue weighted by Crippen LogP contribution is -1.80. The van der Waals surface area contributed by atoms with Gasteiger partial charge in [0.1, 0.15) is 0 Å². The first-order valence-electron chi connectivity index (χ1n) is 2.75. The molecule has 0 atom stereocenters. The van der Waals surface area contributed by atoms with E-state index < -0.39 is 0 Å². The summed E-state index contributed by atoms with van der Waals surface area (Å²) in [5.74, 6) is 0. The Morgan fingerprint density at radius 3 is 2.57 bits per heavy atom. The fourth-order valence-electron chi connectivity index (χ4n) is 0.506. The summed E-state index contributed by atoms with van der Waals surface area (Å²) in [7, 11) is 0. The lowest BCUT2D eigenvalue weighted by Gasteiger charge is -1.83. The first-order chi connectivity index (χ1) is 3.43. The third-order valence-electron chi connectivity index (χ3n) is 1.03. The maximum absolute atomic E-state index is 4.51. The van der Waals surface area contributed by atoms with Crippen molar-refractivity contribution in [3.63, 3.8) is 0 Å². The number of unbranched alkanes of at least 4 members (excludes halogenated alkanes) is 1. The molecule has 0 aliphatic carbocycles. The molecule has 1 fully saturated rings. The van der Waals surface area contributed by atoms with Crippen LogP contribution in [0.15, 0.2) is 0 Å². The standard InChI is InChI=1S/C5H10O2/c1-2-3-4-5-6-7-5/h5H,2-4H2,1H3. The zero-order valence-electron chi connectivity index (χ0n) is 4.52. The fraction of sp³-hybridized carbons (Fsp3) is 1.00. The molecule has 1 saturated heterocycles. The van der Waals surface area contributed by atoms with Crippen LogP contribution < -0.4 is 0 Å². The monoisotopic (exact) mass is 102 g/mol. The van der Waals surface area contributed by atoms with Crippen LogP contribution in [0.4, 0.5) is 0 Å². The molecule has 1 rings (SSSR count). The van der Waals surface area contributed by atoms with Crippen LogP contribution in [0, 0.1) is 0 Å².